The average Bonchev–Trinajstić information content (AvgIpc) is 3.50. The molecule has 11 atom stereocenters. The molecule has 1 amide bonds. The van der Waals surface area contributed by atoms with Crippen LogP contribution in [0.3, 0.4) is 0 Å². The number of esters is 1. The van der Waals surface area contributed by atoms with Crippen molar-refractivity contribution in [2.24, 2.45) is 56.7 Å². The number of carboxylic acids is 1. The summed E-state index contributed by atoms with van der Waals surface area (Å²) in [6, 6.07) is -0.0537. The first-order chi connectivity index (χ1) is 26.5. The summed E-state index contributed by atoms with van der Waals surface area (Å²) < 4.78 is 36.2. The van der Waals surface area contributed by atoms with E-state index in [1.165, 1.54) is 18.4 Å². The van der Waals surface area contributed by atoms with E-state index in [-0.39, 0.29) is 57.3 Å². The lowest BCUT2D eigenvalue weighted by atomic mass is 9.32. The summed E-state index contributed by atoms with van der Waals surface area (Å²) in [7, 11) is -3.05. The van der Waals surface area contributed by atoms with Gasteiger partial charge in [-0.3, -0.25) is 14.5 Å². The number of alkyl carbamates (subject to hydrolysis) is 1. The third kappa shape index (κ3) is 7.83. The van der Waals surface area contributed by atoms with Crippen molar-refractivity contribution in [2.75, 3.05) is 44.3 Å². The molecule has 1 aliphatic heterocycles. The number of sulfone groups is 1. The number of rotatable bonds is 12. The molecule has 0 spiro atoms. The van der Waals surface area contributed by atoms with Crippen LogP contribution in [0.5, 0.6) is 0 Å². The predicted octanol–water partition coefficient (Wildman–Crippen LogP) is 7.24. The summed E-state index contributed by atoms with van der Waals surface area (Å²) in [5, 5.41) is 16.8. The Morgan fingerprint density at radius 3 is 2.21 bits per heavy atom. The molecule has 6 rings (SSSR count). The summed E-state index contributed by atoms with van der Waals surface area (Å²) in [5.74, 6) is 1.23. The molecular weight excluding hydrogens is 743 g/mol. The molecular formula is C45H75N3O8S. The molecule has 3 N–H and O–H groups in total. The third-order valence-corrected chi connectivity index (χ3v) is 19.4. The largest absolute Gasteiger partial charge is 0.481 e. The molecule has 11 nitrogen and oxygen atoms in total. The topological polar surface area (TPSA) is 151 Å². The summed E-state index contributed by atoms with van der Waals surface area (Å²) in [5.41, 5.74) is 0.216. The second-order valence-corrected chi connectivity index (χ2v) is 23.7. The van der Waals surface area contributed by atoms with Gasteiger partial charge in [0.1, 0.15) is 6.10 Å². The van der Waals surface area contributed by atoms with Crippen LogP contribution in [-0.2, 0) is 28.9 Å². The van der Waals surface area contributed by atoms with Crippen molar-refractivity contribution < 1.29 is 37.4 Å². The highest BCUT2D eigenvalue weighted by Gasteiger charge is 2.71. The number of hydrogen-bond acceptors (Lipinski definition) is 9. The van der Waals surface area contributed by atoms with Gasteiger partial charge in [-0.15, -0.1) is 0 Å². The Morgan fingerprint density at radius 1 is 0.895 bits per heavy atom. The molecule has 12 heteroatoms. The van der Waals surface area contributed by atoms with Crippen molar-refractivity contribution >= 4 is 27.9 Å². The van der Waals surface area contributed by atoms with E-state index < -0.39 is 33.3 Å². The van der Waals surface area contributed by atoms with Crippen molar-refractivity contribution in [3.63, 3.8) is 0 Å². The molecule has 0 aromatic rings. The smallest absolute Gasteiger partial charge is 0.407 e. The van der Waals surface area contributed by atoms with Crippen molar-refractivity contribution in [1.29, 1.82) is 0 Å². The van der Waals surface area contributed by atoms with E-state index in [4.69, 9.17) is 9.47 Å². The predicted molar refractivity (Wildman–Crippen MR) is 222 cm³/mol. The molecule has 57 heavy (non-hydrogen) atoms. The molecule has 324 valence electrons. The maximum atomic E-state index is 13.2. The molecule has 1 saturated heterocycles. The van der Waals surface area contributed by atoms with Crippen LogP contribution in [0.25, 0.3) is 0 Å². The van der Waals surface area contributed by atoms with Gasteiger partial charge >= 0.3 is 18.0 Å². The number of carbonyl (C=O) groups excluding carboxylic acids is 2. The number of nitrogens with one attached hydrogen (secondary N) is 2. The first-order valence-corrected chi connectivity index (χ1v) is 24.0. The van der Waals surface area contributed by atoms with Crippen molar-refractivity contribution in [2.45, 2.75) is 151 Å². The molecule has 0 aromatic heterocycles. The van der Waals surface area contributed by atoms with Gasteiger partial charge in [0.05, 0.1) is 29.9 Å². The maximum absolute atomic E-state index is 13.2. The van der Waals surface area contributed by atoms with Crippen LogP contribution in [0, 0.1) is 56.7 Å². The highest BCUT2D eigenvalue weighted by molar-refractivity contribution is 7.91. The van der Waals surface area contributed by atoms with E-state index in [0.717, 1.165) is 51.4 Å². The number of fused-ring (bicyclic) bond motifs is 7. The van der Waals surface area contributed by atoms with Gasteiger partial charge in [-0.05, 0) is 138 Å². The molecule has 5 saturated carbocycles. The van der Waals surface area contributed by atoms with Crippen LogP contribution in [0.4, 0.5) is 4.79 Å². The first kappa shape index (κ1) is 44.4. The second kappa shape index (κ2) is 15.7. The average molecular weight is 818 g/mol. The Labute approximate surface area is 343 Å². The fourth-order valence-corrected chi connectivity index (χ4v) is 15.6. The summed E-state index contributed by atoms with van der Waals surface area (Å²) >= 11 is 0. The fourth-order valence-electron chi connectivity index (χ4n) is 14.4. The number of allylic oxidation sites excluding steroid dienone is 1. The Bertz CT molecular complexity index is 1670. The van der Waals surface area contributed by atoms with E-state index in [2.05, 4.69) is 63.7 Å². The zero-order chi connectivity index (χ0) is 42.0. The van der Waals surface area contributed by atoms with E-state index >= 15 is 0 Å². The summed E-state index contributed by atoms with van der Waals surface area (Å²) in [4.78, 5) is 39.6. The highest BCUT2D eigenvalue weighted by Crippen LogP contribution is 2.76. The van der Waals surface area contributed by atoms with E-state index in [1.54, 1.807) is 20.8 Å². The Balaban J connectivity index is 1.23. The van der Waals surface area contributed by atoms with Gasteiger partial charge in [-0.1, -0.05) is 46.8 Å². The zero-order valence-electron chi connectivity index (χ0n) is 36.6. The van der Waals surface area contributed by atoms with E-state index in [1.807, 2.05) is 0 Å². The number of aliphatic carboxylic acids is 1. The van der Waals surface area contributed by atoms with Gasteiger partial charge < -0.3 is 25.2 Å². The van der Waals surface area contributed by atoms with Crippen LogP contribution in [0.15, 0.2) is 12.2 Å². The number of ether oxygens (including phenoxy) is 2. The molecule has 6 fully saturated rings. The number of nitrogens with zero attached hydrogens (tertiary/aromatic N) is 1. The van der Waals surface area contributed by atoms with Crippen LogP contribution < -0.4 is 10.6 Å². The Hall–Kier alpha value is -2.18. The van der Waals surface area contributed by atoms with Gasteiger partial charge in [0, 0.05) is 43.2 Å². The van der Waals surface area contributed by atoms with Crippen molar-refractivity contribution in [3.05, 3.63) is 12.2 Å². The number of carbonyl (C=O) groups is 3. The lowest BCUT2D eigenvalue weighted by molar-refractivity contribution is -0.246. The lowest BCUT2D eigenvalue weighted by Gasteiger charge is -2.73. The monoisotopic (exact) mass is 818 g/mol. The molecule has 1 heterocycles. The lowest BCUT2D eigenvalue weighted by Crippen LogP contribution is -2.69. The van der Waals surface area contributed by atoms with E-state index in [0.29, 0.717) is 62.4 Å². The van der Waals surface area contributed by atoms with E-state index in [9.17, 15) is 27.9 Å². The van der Waals surface area contributed by atoms with Gasteiger partial charge in [-0.2, -0.15) is 0 Å². The fraction of sp³-hybridized carbons (Fsp3) is 0.889. The van der Waals surface area contributed by atoms with Crippen LogP contribution >= 0.6 is 0 Å². The minimum Gasteiger partial charge on any atom is -0.481 e. The van der Waals surface area contributed by atoms with Gasteiger partial charge in [-0.25, -0.2) is 13.2 Å². The van der Waals surface area contributed by atoms with Crippen LogP contribution in [0.1, 0.15) is 133 Å². The first-order valence-electron chi connectivity index (χ1n) is 22.1. The summed E-state index contributed by atoms with van der Waals surface area (Å²) in [6.45, 7) is 26.5. The third-order valence-electron chi connectivity index (χ3n) is 17.8. The van der Waals surface area contributed by atoms with Crippen molar-refractivity contribution in [1.82, 2.24) is 15.5 Å². The SMILES string of the molecule is C=C(C)[C@@H]1CC[C@]2(NC[C@H](CNC(=O)OCC)N3CCS(=O)(=O)CC3)CC[C@]3(C)[C@H](CC[C@@H]4[C@@]5(C)CC[C@H](OC(=O)CC(C)(C)C(=O)O)C(C)(C)[C@@H]5CC[C@]43C)[C@@H]12. The van der Waals surface area contributed by atoms with Gasteiger partial charge in [0.15, 0.2) is 9.84 Å². The molecule has 0 unspecified atom stereocenters. The van der Waals surface area contributed by atoms with Crippen molar-refractivity contribution in [3.8, 4) is 0 Å². The number of amides is 1. The minimum atomic E-state index is -3.05. The van der Waals surface area contributed by atoms with Crippen LogP contribution in [-0.4, -0.2) is 98.4 Å². The molecule has 0 aromatic carbocycles. The number of hydrogen-bond donors (Lipinski definition) is 3. The molecule has 6 aliphatic rings. The Kier molecular flexibility index (Phi) is 12.2. The minimum absolute atomic E-state index is 0.0537. The second-order valence-electron chi connectivity index (χ2n) is 21.4. The summed E-state index contributed by atoms with van der Waals surface area (Å²) in [6.07, 6.45) is 10.0. The molecule has 0 radical (unpaired) electrons. The van der Waals surface area contributed by atoms with Gasteiger partial charge in [0.25, 0.3) is 0 Å². The normalized spacial score (nSPS) is 40.3. The maximum Gasteiger partial charge on any atom is 0.407 e. The molecule has 5 aliphatic carbocycles. The standard InChI is InChI=1S/C45H75N3O8S/c1-11-55-39(52)46-27-30(48-22-24-57(53,54)25-23-48)28-47-45-19-14-31(29(2)3)37(45)32-12-13-34-42(8)17-16-35(56-36(49)26-40(4,5)38(50)51)41(6,7)33(42)15-18-44(34,10)43(32,9)20-21-45/h30-35,37,47H,2,11-28H2,1,3-10H3,(H,46,52)(H,50,51)/t30-,31-,32+,33-,34+,35-,37+,42-,43+,44+,45-/m0/s1. The highest BCUT2D eigenvalue weighted by atomic mass is 32.2. The quantitative estimate of drug-likeness (QED) is 0.136. The molecule has 0 bridgehead atoms. The zero-order valence-corrected chi connectivity index (χ0v) is 37.5. The van der Waals surface area contributed by atoms with Crippen LogP contribution in [0.2, 0.25) is 0 Å². The Morgan fingerprint density at radius 2 is 1.58 bits per heavy atom. The number of carboxylic acid groups (broad SMARTS) is 1. The van der Waals surface area contributed by atoms with Gasteiger partial charge in [0.2, 0.25) is 0 Å².